The summed E-state index contributed by atoms with van der Waals surface area (Å²) >= 11 is 0. The van der Waals surface area contributed by atoms with E-state index in [4.69, 9.17) is 23.1 Å². The van der Waals surface area contributed by atoms with Crippen LogP contribution < -0.4 is 9.47 Å². The summed E-state index contributed by atoms with van der Waals surface area (Å²) < 4.78 is 33.1. The number of benzene rings is 1. The van der Waals surface area contributed by atoms with Gasteiger partial charge >= 0.3 is 0 Å². The summed E-state index contributed by atoms with van der Waals surface area (Å²) in [6, 6.07) is 9.28. The molecule has 0 aromatic heterocycles. The molecule has 0 spiro atoms. The Balaban J connectivity index is 2.45. The molecule has 3 rings (SSSR count). The highest BCUT2D eigenvalue weighted by Crippen LogP contribution is 2.60. The Kier molecular flexibility index (Phi) is 13.0. The third kappa shape index (κ3) is 6.97. The third-order valence-electron chi connectivity index (χ3n) is 11.6. The molecule has 0 radical (unpaired) electrons. The van der Waals surface area contributed by atoms with Gasteiger partial charge in [0.25, 0.3) is 0 Å². The highest BCUT2D eigenvalue weighted by molar-refractivity contribution is 6.77. The molecule has 0 N–H and O–H groups in total. The molecule has 2 bridgehead atoms. The van der Waals surface area contributed by atoms with Crippen LogP contribution in [0.5, 0.6) is 11.5 Å². The van der Waals surface area contributed by atoms with Crippen molar-refractivity contribution in [2.45, 2.75) is 142 Å². The molecule has 0 unspecified atom stereocenters. The molecule has 260 valence electrons. The van der Waals surface area contributed by atoms with Gasteiger partial charge in [-0.25, -0.2) is 0 Å². The quantitative estimate of drug-likeness (QED) is 0.129. The molecule has 8 heteroatoms. The van der Waals surface area contributed by atoms with Crippen LogP contribution in [0.15, 0.2) is 41.7 Å². The van der Waals surface area contributed by atoms with E-state index in [1.807, 2.05) is 6.07 Å². The lowest BCUT2D eigenvalue weighted by molar-refractivity contribution is -0.150. The van der Waals surface area contributed by atoms with E-state index in [-0.39, 0.29) is 29.8 Å². The van der Waals surface area contributed by atoms with Crippen LogP contribution in [-0.4, -0.2) is 56.0 Å². The van der Waals surface area contributed by atoms with Gasteiger partial charge in [-0.05, 0) is 79.1 Å². The molecule has 2 aliphatic rings. The first kappa shape index (κ1) is 38.6. The molecule has 6 nitrogen and oxygen atoms in total. The molecular weight excluding hydrogens is 609 g/mol. The monoisotopic (exact) mass is 672 g/mol. The minimum atomic E-state index is -2.37. The Morgan fingerprint density at radius 3 is 1.87 bits per heavy atom. The summed E-state index contributed by atoms with van der Waals surface area (Å²) in [5.74, 6) is 1.89. The highest BCUT2D eigenvalue weighted by Gasteiger charge is 2.63. The molecule has 0 saturated heterocycles. The van der Waals surface area contributed by atoms with Crippen molar-refractivity contribution in [3.05, 3.63) is 47.2 Å². The first-order valence-electron chi connectivity index (χ1n) is 17.7. The van der Waals surface area contributed by atoms with Gasteiger partial charge in [0.1, 0.15) is 5.76 Å². The topological polar surface area (TPSA) is 63.2 Å². The predicted molar refractivity (Wildman–Crippen MR) is 195 cm³/mol. The van der Waals surface area contributed by atoms with E-state index in [1.165, 1.54) is 5.57 Å². The number of ketones is 1. The van der Waals surface area contributed by atoms with E-state index in [2.05, 4.69) is 94.4 Å². The molecule has 0 amide bonds. The summed E-state index contributed by atoms with van der Waals surface area (Å²) in [4.78, 5) is 14.7. The predicted octanol–water partition coefficient (Wildman–Crippen LogP) is 10.2. The van der Waals surface area contributed by atoms with Crippen molar-refractivity contribution in [1.82, 2.24) is 0 Å². The maximum absolute atomic E-state index is 14.7. The van der Waals surface area contributed by atoms with E-state index < -0.39 is 22.0 Å². The lowest BCUT2D eigenvalue weighted by Gasteiger charge is -2.59. The van der Waals surface area contributed by atoms with E-state index in [9.17, 15) is 4.79 Å². The Morgan fingerprint density at radius 1 is 0.848 bits per heavy atom. The van der Waals surface area contributed by atoms with Crippen LogP contribution in [-0.2, 0) is 18.4 Å². The Hall–Kier alpha value is -1.88. The molecular formula is C38H64O6Si2. The number of allylic oxidation sites excluding steroid dienone is 3. The van der Waals surface area contributed by atoms with Crippen molar-refractivity contribution in [2.75, 3.05) is 21.3 Å². The minimum Gasteiger partial charge on any atom is -0.501 e. The van der Waals surface area contributed by atoms with Crippen LogP contribution in [0.25, 0.3) is 0 Å². The molecule has 1 saturated carbocycles. The zero-order valence-corrected chi connectivity index (χ0v) is 33.4. The normalized spacial score (nSPS) is 25.2. The second kappa shape index (κ2) is 15.6. The van der Waals surface area contributed by atoms with Crippen molar-refractivity contribution < 1.29 is 27.9 Å². The van der Waals surface area contributed by atoms with E-state index in [0.717, 1.165) is 23.7 Å². The largest absolute Gasteiger partial charge is 0.501 e. The van der Waals surface area contributed by atoms with Crippen molar-refractivity contribution in [2.24, 2.45) is 11.3 Å². The molecule has 0 heterocycles. The van der Waals surface area contributed by atoms with Crippen LogP contribution in [0.1, 0.15) is 100 Å². The van der Waals surface area contributed by atoms with Gasteiger partial charge in [-0.15, -0.1) is 0 Å². The van der Waals surface area contributed by atoms with Gasteiger partial charge in [0.2, 0.25) is 8.32 Å². The second-order valence-corrected chi connectivity index (χ2v) is 25.0. The Morgan fingerprint density at radius 2 is 1.41 bits per heavy atom. The number of carbonyl (C=O) groups is 1. The second-order valence-electron chi connectivity index (χ2n) is 14.9. The molecule has 1 aromatic rings. The zero-order chi connectivity index (χ0) is 34.6. The Bertz CT molecular complexity index is 1220. The number of fused-ring (bicyclic) bond motifs is 2. The lowest BCUT2D eigenvalue weighted by atomic mass is 9.54. The number of methoxy groups -OCH3 is 3. The van der Waals surface area contributed by atoms with Gasteiger partial charge in [-0.2, -0.15) is 0 Å². The van der Waals surface area contributed by atoms with E-state index in [1.54, 1.807) is 27.4 Å². The summed E-state index contributed by atoms with van der Waals surface area (Å²) in [5.41, 5.74) is 2.76. The number of hydrogen-bond acceptors (Lipinski definition) is 6. The van der Waals surface area contributed by atoms with E-state index >= 15 is 0 Å². The molecule has 46 heavy (non-hydrogen) atoms. The van der Waals surface area contributed by atoms with Crippen molar-refractivity contribution in [3.63, 3.8) is 0 Å². The third-order valence-corrected chi connectivity index (χ3v) is 22.3. The van der Waals surface area contributed by atoms with Gasteiger partial charge in [-0.1, -0.05) is 80.0 Å². The maximum Gasteiger partial charge on any atom is 0.200 e. The fraction of sp³-hybridized carbons (Fsp3) is 0.711. The summed E-state index contributed by atoms with van der Waals surface area (Å²) in [7, 11) is 0.520. The first-order valence-corrected chi connectivity index (χ1v) is 22.3. The number of carbonyl (C=O) groups excluding carboxylic acids is 1. The van der Waals surface area contributed by atoms with Gasteiger partial charge in [0, 0.05) is 12.0 Å². The SMILES string of the molecule is CC[Si](CC)(CC)O[C@@H]1[C@H]2C(OC)=CC(=O)[C@]1(CC=C(C)C)C[C@H](O[Si](C(C)C)(C(C)C)C(C)C)[C@H]2c1ccc(OC)c(OC)c1. The van der Waals surface area contributed by atoms with Gasteiger partial charge < -0.3 is 23.1 Å². The number of hydrogen-bond donors (Lipinski definition) is 0. The van der Waals surface area contributed by atoms with Crippen molar-refractivity contribution in [1.29, 1.82) is 0 Å². The molecule has 5 atom stereocenters. The molecule has 2 aliphatic carbocycles. The minimum absolute atomic E-state index is 0.107. The van der Waals surface area contributed by atoms with E-state index in [0.29, 0.717) is 46.7 Å². The van der Waals surface area contributed by atoms with Crippen LogP contribution >= 0.6 is 0 Å². The number of rotatable bonds is 16. The molecule has 0 aliphatic heterocycles. The van der Waals surface area contributed by atoms with Crippen molar-refractivity contribution in [3.8, 4) is 11.5 Å². The lowest BCUT2D eigenvalue weighted by Crippen LogP contribution is -2.64. The first-order chi connectivity index (χ1) is 21.7. The summed E-state index contributed by atoms with van der Waals surface area (Å²) in [6.07, 6.45) is 4.73. The standard InChI is InChI=1S/C38H64O6Si2/c1-15-45(16-2,17-3)44-37-36-32(42-14)23-34(39)38(37,21-20-25(4)5)24-33(43-46(26(6)7,27(8)9)28(10)11)35(36)29-18-19-30(40-12)31(22-29)41-13/h18-20,22-23,26-28,33,35-37H,15-17,21,24H2,1-14H3/t33-,35+,36-,37+,38-/m0/s1. The van der Waals surface area contributed by atoms with Crippen LogP contribution in [0.2, 0.25) is 34.8 Å². The highest BCUT2D eigenvalue weighted by atomic mass is 28.4. The average molecular weight is 673 g/mol. The van der Waals surface area contributed by atoms with Gasteiger partial charge in [0.15, 0.2) is 25.6 Å². The molecule has 1 fully saturated rings. The molecule has 1 aromatic carbocycles. The summed E-state index contributed by atoms with van der Waals surface area (Å²) in [5, 5.41) is 0. The van der Waals surface area contributed by atoms with Crippen LogP contribution in [0.4, 0.5) is 0 Å². The fourth-order valence-electron chi connectivity index (χ4n) is 8.91. The average Bonchev–Trinajstić information content (AvgIpc) is 3.02. The maximum atomic E-state index is 14.7. The zero-order valence-electron chi connectivity index (χ0n) is 31.4. The summed E-state index contributed by atoms with van der Waals surface area (Å²) in [6.45, 7) is 25.0. The van der Waals surface area contributed by atoms with Crippen LogP contribution in [0, 0.1) is 11.3 Å². The smallest absolute Gasteiger partial charge is 0.200 e. The fourth-order valence-corrected chi connectivity index (χ4v) is 17.4. The van der Waals surface area contributed by atoms with Gasteiger partial charge in [-0.3, -0.25) is 4.79 Å². The Labute approximate surface area is 282 Å². The van der Waals surface area contributed by atoms with Crippen LogP contribution in [0.3, 0.4) is 0 Å². The van der Waals surface area contributed by atoms with Gasteiger partial charge in [0.05, 0.1) is 44.9 Å². The number of ether oxygens (including phenoxy) is 3. The van der Waals surface area contributed by atoms with Crippen molar-refractivity contribution >= 4 is 22.4 Å².